The third kappa shape index (κ3) is 3.10. The Morgan fingerprint density at radius 2 is 1.90 bits per heavy atom. The Kier molecular flexibility index (Phi) is 4.16. The average molecular weight is 270 g/mol. The third-order valence-corrected chi connectivity index (χ3v) is 4.34. The third-order valence-electron chi connectivity index (χ3n) is 4.34. The Morgan fingerprint density at radius 3 is 2.55 bits per heavy atom. The summed E-state index contributed by atoms with van der Waals surface area (Å²) in [5, 5.41) is 10.1. The number of hydrogen-bond donors (Lipinski definition) is 1. The van der Waals surface area contributed by atoms with E-state index in [2.05, 4.69) is 29.2 Å². The summed E-state index contributed by atoms with van der Waals surface area (Å²) >= 11 is 0. The van der Waals surface area contributed by atoms with Crippen molar-refractivity contribution in [1.29, 1.82) is 0 Å². The van der Waals surface area contributed by atoms with Gasteiger partial charge >= 0.3 is 0 Å². The van der Waals surface area contributed by atoms with Crippen molar-refractivity contribution < 1.29 is 5.11 Å². The van der Waals surface area contributed by atoms with Crippen LogP contribution in [0, 0.1) is 0 Å². The maximum atomic E-state index is 10.1. The topological polar surface area (TPSA) is 38.0 Å². The van der Waals surface area contributed by atoms with E-state index in [9.17, 15) is 5.11 Å². The van der Waals surface area contributed by atoms with Crippen LogP contribution in [-0.4, -0.2) is 14.7 Å². The summed E-state index contributed by atoms with van der Waals surface area (Å²) in [4.78, 5) is 3.96. The molecule has 0 radical (unpaired) electrons. The van der Waals surface area contributed by atoms with Gasteiger partial charge in [-0.2, -0.15) is 0 Å². The van der Waals surface area contributed by atoms with Crippen LogP contribution in [0.1, 0.15) is 55.4 Å². The van der Waals surface area contributed by atoms with E-state index in [0.29, 0.717) is 6.42 Å². The zero-order valence-corrected chi connectivity index (χ0v) is 11.8. The first-order chi connectivity index (χ1) is 9.83. The number of nitrogens with zero attached hydrogens (tertiary/aromatic N) is 2. The summed E-state index contributed by atoms with van der Waals surface area (Å²) < 4.78 is 1.73. The number of aliphatic hydroxyl groups is 1. The molecule has 3 rings (SSSR count). The monoisotopic (exact) mass is 270 g/mol. The summed E-state index contributed by atoms with van der Waals surface area (Å²) in [6.07, 6.45) is 12.0. The van der Waals surface area contributed by atoms with Gasteiger partial charge < -0.3 is 9.67 Å². The summed E-state index contributed by atoms with van der Waals surface area (Å²) in [5.41, 5.74) is 2.64. The predicted octanol–water partition coefficient (Wildman–Crippen LogP) is 3.66. The molecule has 0 amide bonds. The SMILES string of the molecule is OC(Cc1ccc(C2CCCCC2)cc1)n1ccnc1. The van der Waals surface area contributed by atoms with Crippen LogP contribution < -0.4 is 0 Å². The maximum Gasteiger partial charge on any atom is 0.135 e. The Morgan fingerprint density at radius 1 is 1.15 bits per heavy atom. The van der Waals surface area contributed by atoms with Crippen LogP contribution in [0.5, 0.6) is 0 Å². The molecule has 1 unspecified atom stereocenters. The lowest BCUT2D eigenvalue weighted by atomic mass is 9.84. The second kappa shape index (κ2) is 6.23. The molecule has 0 aliphatic heterocycles. The molecule has 1 saturated carbocycles. The van der Waals surface area contributed by atoms with Crippen molar-refractivity contribution in [1.82, 2.24) is 9.55 Å². The lowest BCUT2D eigenvalue weighted by Crippen LogP contribution is -2.09. The first-order valence-electron chi connectivity index (χ1n) is 7.57. The molecular weight excluding hydrogens is 248 g/mol. The van der Waals surface area contributed by atoms with Crippen LogP contribution >= 0.6 is 0 Å². The molecule has 1 fully saturated rings. The number of imidazole rings is 1. The first-order valence-corrected chi connectivity index (χ1v) is 7.57. The van der Waals surface area contributed by atoms with E-state index in [1.54, 1.807) is 23.3 Å². The molecule has 1 aliphatic rings. The summed E-state index contributed by atoms with van der Waals surface area (Å²) in [5.74, 6) is 0.747. The van der Waals surface area contributed by atoms with Crippen LogP contribution in [0.4, 0.5) is 0 Å². The van der Waals surface area contributed by atoms with Gasteiger partial charge in [0.15, 0.2) is 0 Å². The fraction of sp³-hybridized carbons (Fsp3) is 0.471. The minimum atomic E-state index is -0.530. The Balaban J connectivity index is 1.63. The van der Waals surface area contributed by atoms with Crippen molar-refractivity contribution >= 4 is 0 Å². The van der Waals surface area contributed by atoms with Gasteiger partial charge in [0, 0.05) is 18.8 Å². The lowest BCUT2D eigenvalue weighted by molar-refractivity contribution is 0.104. The van der Waals surface area contributed by atoms with Gasteiger partial charge in [-0.3, -0.25) is 0 Å². The van der Waals surface area contributed by atoms with Crippen molar-refractivity contribution in [3.63, 3.8) is 0 Å². The fourth-order valence-electron chi connectivity index (χ4n) is 3.12. The molecule has 106 valence electrons. The molecule has 0 saturated heterocycles. The highest BCUT2D eigenvalue weighted by atomic mass is 16.3. The van der Waals surface area contributed by atoms with Gasteiger partial charge in [0.2, 0.25) is 0 Å². The molecule has 1 N–H and O–H groups in total. The van der Waals surface area contributed by atoms with Crippen LogP contribution in [0.2, 0.25) is 0 Å². The Hall–Kier alpha value is -1.61. The van der Waals surface area contributed by atoms with Gasteiger partial charge in [-0.25, -0.2) is 4.98 Å². The second-order valence-corrected chi connectivity index (χ2v) is 5.77. The number of benzene rings is 1. The van der Waals surface area contributed by atoms with Gasteiger partial charge in [0.25, 0.3) is 0 Å². The van der Waals surface area contributed by atoms with Gasteiger partial charge in [-0.05, 0) is 29.9 Å². The number of hydrogen-bond acceptors (Lipinski definition) is 2. The molecule has 20 heavy (non-hydrogen) atoms. The van der Waals surface area contributed by atoms with E-state index in [1.165, 1.54) is 43.2 Å². The molecule has 3 heteroatoms. The number of aliphatic hydroxyl groups excluding tert-OH is 1. The zero-order valence-electron chi connectivity index (χ0n) is 11.8. The van der Waals surface area contributed by atoms with Crippen molar-refractivity contribution in [2.24, 2.45) is 0 Å². The van der Waals surface area contributed by atoms with Gasteiger partial charge in [0.1, 0.15) is 6.23 Å². The molecule has 0 spiro atoms. The molecule has 1 aromatic heterocycles. The van der Waals surface area contributed by atoms with E-state index < -0.39 is 6.23 Å². The minimum Gasteiger partial charge on any atom is -0.373 e. The molecule has 1 heterocycles. The molecule has 1 aliphatic carbocycles. The van der Waals surface area contributed by atoms with Crippen molar-refractivity contribution in [3.8, 4) is 0 Å². The Bertz CT molecular complexity index is 512. The molecule has 3 nitrogen and oxygen atoms in total. The largest absolute Gasteiger partial charge is 0.373 e. The first kappa shape index (κ1) is 13.4. The fourth-order valence-corrected chi connectivity index (χ4v) is 3.12. The molecule has 0 bridgehead atoms. The minimum absolute atomic E-state index is 0.530. The highest BCUT2D eigenvalue weighted by molar-refractivity contribution is 5.26. The van der Waals surface area contributed by atoms with Crippen LogP contribution in [0.15, 0.2) is 43.0 Å². The van der Waals surface area contributed by atoms with Crippen molar-refractivity contribution in [2.75, 3.05) is 0 Å². The quantitative estimate of drug-likeness (QED) is 0.920. The highest BCUT2D eigenvalue weighted by Gasteiger charge is 2.15. The highest BCUT2D eigenvalue weighted by Crippen LogP contribution is 2.32. The maximum absolute atomic E-state index is 10.1. The van der Waals surface area contributed by atoms with E-state index in [0.717, 1.165) is 5.92 Å². The standard InChI is InChI=1S/C17H22N2O/c20-17(19-11-10-18-13-19)12-14-6-8-16(9-7-14)15-4-2-1-3-5-15/h6-11,13,15,17,20H,1-5,12H2. The van der Waals surface area contributed by atoms with Gasteiger partial charge in [-0.15, -0.1) is 0 Å². The number of aromatic nitrogens is 2. The van der Waals surface area contributed by atoms with Gasteiger partial charge in [0.05, 0.1) is 6.33 Å². The van der Waals surface area contributed by atoms with E-state index in [4.69, 9.17) is 0 Å². The van der Waals surface area contributed by atoms with E-state index in [-0.39, 0.29) is 0 Å². The summed E-state index contributed by atoms with van der Waals surface area (Å²) in [7, 11) is 0. The van der Waals surface area contributed by atoms with Crippen molar-refractivity contribution in [2.45, 2.75) is 50.7 Å². The Labute approximate surface area is 120 Å². The smallest absolute Gasteiger partial charge is 0.135 e. The van der Waals surface area contributed by atoms with Gasteiger partial charge in [-0.1, -0.05) is 43.5 Å². The molecule has 2 aromatic rings. The normalized spacial score (nSPS) is 18.1. The van der Waals surface area contributed by atoms with E-state index in [1.807, 2.05) is 0 Å². The van der Waals surface area contributed by atoms with Crippen LogP contribution in [0.3, 0.4) is 0 Å². The second-order valence-electron chi connectivity index (χ2n) is 5.77. The van der Waals surface area contributed by atoms with Crippen LogP contribution in [-0.2, 0) is 6.42 Å². The predicted molar refractivity (Wildman–Crippen MR) is 79.5 cm³/mol. The van der Waals surface area contributed by atoms with Crippen LogP contribution in [0.25, 0.3) is 0 Å². The van der Waals surface area contributed by atoms with Crippen molar-refractivity contribution in [3.05, 3.63) is 54.1 Å². The average Bonchev–Trinajstić information content (AvgIpc) is 3.03. The molecule has 1 aromatic carbocycles. The number of rotatable bonds is 4. The summed E-state index contributed by atoms with van der Waals surface area (Å²) in [6.45, 7) is 0. The zero-order chi connectivity index (χ0) is 13.8. The molecule has 1 atom stereocenters. The van der Waals surface area contributed by atoms with E-state index >= 15 is 0 Å². The molecular formula is C17H22N2O. The lowest BCUT2D eigenvalue weighted by Gasteiger charge is -2.22. The summed E-state index contributed by atoms with van der Waals surface area (Å²) in [6, 6.07) is 8.80.